The van der Waals surface area contributed by atoms with E-state index in [0.29, 0.717) is 0 Å². The Morgan fingerprint density at radius 3 is 2.10 bits per heavy atom. The number of hydrogen-bond acceptors (Lipinski definition) is 2. The second kappa shape index (κ2) is 3.92. The van der Waals surface area contributed by atoms with Gasteiger partial charge in [-0.3, -0.25) is 0 Å². The molecular formula is C4H7Cl3O2Si. The van der Waals surface area contributed by atoms with Crippen molar-refractivity contribution in [3.8, 4) is 0 Å². The van der Waals surface area contributed by atoms with Crippen LogP contribution in [0.4, 0.5) is 0 Å². The van der Waals surface area contributed by atoms with Gasteiger partial charge >= 0.3 is 6.00 Å². The summed E-state index contributed by atoms with van der Waals surface area (Å²) in [5.41, 5.74) is 0. The second-order valence-electron chi connectivity index (χ2n) is 1.97. The van der Waals surface area contributed by atoms with Crippen molar-refractivity contribution in [3.63, 3.8) is 0 Å². The van der Waals surface area contributed by atoms with E-state index in [4.69, 9.17) is 38.3 Å². The van der Waals surface area contributed by atoms with Crippen molar-refractivity contribution in [2.75, 3.05) is 0 Å². The highest BCUT2D eigenvalue weighted by molar-refractivity contribution is 7.75. The van der Waals surface area contributed by atoms with Crippen molar-refractivity contribution >= 4 is 44.6 Å². The zero-order chi connectivity index (χ0) is 8.36. The molecule has 0 aliphatic rings. The van der Waals surface area contributed by atoms with Crippen LogP contribution >= 0.6 is 33.2 Å². The first kappa shape index (κ1) is 10.7. The molecule has 1 atom stereocenters. The van der Waals surface area contributed by atoms with Crippen molar-refractivity contribution in [1.29, 1.82) is 0 Å². The van der Waals surface area contributed by atoms with Crippen LogP contribution in [0.1, 0.15) is 13.3 Å². The molecule has 0 radical (unpaired) electrons. The molecule has 0 spiro atoms. The number of rotatable bonds is 3. The van der Waals surface area contributed by atoms with Crippen LogP contribution in [0.15, 0.2) is 0 Å². The monoisotopic (exact) mass is 220 g/mol. The normalized spacial score (nSPS) is 14.9. The molecule has 6 heteroatoms. The van der Waals surface area contributed by atoms with Crippen molar-refractivity contribution in [2.24, 2.45) is 0 Å². The Kier molecular flexibility index (Phi) is 4.21. The minimum Gasteiger partial charge on any atom is -0.393 e. The first-order chi connectivity index (χ1) is 4.34. The lowest BCUT2D eigenvalue weighted by Crippen LogP contribution is -2.28. The summed E-state index contributed by atoms with van der Waals surface area (Å²) in [7, 11) is 0. The maximum atomic E-state index is 10.8. The topological polar surface area (TPSA) is 37.3 Å². The van der Waals surface area contributed by atoms with Gasteiger partial charge in [-0.15, -0.1) is 33.2 Å². The lowest BCUT2D eigenvalue weighted by atomic mass is 10.3. The van der Waals surface area contributed by atoms with Crippen LogP contribution in [0.5, 0.6) is 0 Å². The van der Waals surface area contributed by atoms with Gasteiger partial charge in [0.2, 0.25) is 0 Å². The minimum absolute atomic E-state index is 0.0667. The highest BCUT2D eigenvalue weighted by atomic mass is 35.8. The molecule has 0 rings (SSSR count). The van der Waals surface area contributed by atoms with E-state index < -0.39 is 17.5 Å². The maximum Gasteiger partial charge on any atom is 0.410 e. The number of carbonyl (C=O) groups excluding carboxylic acids is 1. The molecule has 0 amide bonds. The van der Waals surface area contributed by atoms with Gasteiger partial charge in [-0.05, 0) is 6.92 Å². The fourth-order valence-electron chi connectivity index (χ4n) is 0.384. The number of aliphatic hydroxyl groups is 1. The van der Waals surface area contributed by atoms with E-state index in [1.807, 2.05) is 0 Å². The zero-order valence-corrected chi connectivity index (χ0v) is 8.54. The molecule has 1 N–H and O–H groups in total. The molecule has 0 saturated carbocycles. The van der Waals surface area contributed by atoms with Crippen LogP contribution in [-0.4, -0.2) is 22.6 Å². The largest absolute Gasteiger partial charge is 0.410 e. The SMILES string of the molecule is CC(O)CC(=O)[Si](Cl)(Cl)Cl. The van der Waals surface area contributed by atoms with Gasteiger partial charge in [0.1, 0.15) is 0 Å². The molecule has 0 heterocycles. The molecule has 0 aromatic heterocycles. The molecule has 0 bridgehead atoms. The molecule has 0 aliphatic heterocycles. The van der Waals surface area contributed by atoms with Gasteiger partial charge in [0.05, 0.1) is 6.10 Å². The first-order valence-electron chi connectivity index (χ1n) is 2.62. The zero-order valence-electron chi connectivity index (χ0n) is 5.27. The molecule has 10 heavy (non-hydrogen) atoms. The fourth-order valence-corrected chi connectivity index (χ4v) is 1.61. The summed E-state index contributed by atoms with van der Waals surface area (Å²) >= 11 is 16.0. The van der Waals surface area contributed by atoms with Crippen molar-refractivity contribution in [2.45, 2.75) is 19.4 Å². The van der Waals surface area contributed by atoms with Crippen LogP contribution < -0.4 is 0 Å². The summed E-state index contributed by atoms with van der Waals surface area (Å²) in [6.45, 7) is 1.47. The first-order valence-corrected chi connectivity index (χ1v) is 7.65. The third-order valence-corrected chi connectivity index (χ3v) is 3.53. The Morgan fingerprint density at radius 2 is 2.00 bits per heavy atom. The third-order valence-electron chi connectivity index (χ3n) is 0.797. The number of hydrogen-bond donors (Lipinski definition) is 1. The highest BCUT2D eigenvalue weighted by Gasteiger charge is 2.35. The predicted molar refractivity (Wildman–Crippen MR) is 44.6 cm³/mol. The Morgan fingerprint density at radius 1 is 1.60 bits per heavy atom. The van der Waals surface area contributed by atoms with Crippen LogP contribution in [0.3, 0.4) is 0 Å². The molecule has 2 nitrogen and oxygen atoms in total. The van der Waals surface area contributed by atoms with Gasteiger partial charge in [-0.2, -0.15) is 0 Å². The molecule has 0 aliphatic carbocycles. The van der Waals surface area contributed by atoms with Crippen LogP contribution in [-0.2, 0) is 4.79 Å². The average molecular weight is 222 g/mol. The summed E-state index contributed by atoms with van der Waals surface area (Å²) in [6, 6.07) is -3.21. The van der Waals surface area contributed by atoms with E-state index in [1.165, 1.54) is 6.92 Å². The highest BCUT2D eigenvalue weighted by Crippen LogP contribution is 2.22. The van der Waals surface area contributed by atoms with E-state index >= 15 is 0 Å². The Bertz CT molecular complexity index is 131. The number of halogens is 3. The lowest BCUT2D eigenvalue weighted by molar-refractivity contribution is -0.113. The molecule has 0 aromatic carbocycles. The summed E-state index contributed by atoms with van der Waals surface area (Å²) < 4.78 is 0. The van der Waals surface area contributed by atoms with E-state index in [9.17, 15) is 4.79 Å². The summed E-state index contributed by atoms with van der Waals surface area (Å²) in [5, 5.41) is 8.26. The maximum absolute atomic E-state index is 10.8. The predicted octanol–water partition coefficient (Wildman–Crippen LogP) is 1.52. The van der Waals surface area contributed by atoms with Gasteiger partial charge in [0, 0.05) is 6.42 Å². The quantitative estimate of drug-likeness (QED) is 0.580. The third kappa shape index (κ3) is 4.52. The standard InChI is InChI=1S/C4H7Cl3O2Si/c1-3(8)2-4(9)10(5,6)7/h3,8H,2H2,1H3. The van der Waals surface area contributed by atoms with Crippen molar-refractivity contribution in [3.05, 3.63) is 0 Å². The van der Waals surface area contributed by atoms with Gasteiger partial charge in [0.15, 0.2) is 5.41 Å². The van der Waals surface area contributed by atoms with E-state index in [1.54, 1.807) is 0 Å². The summed E-state index contributed by atoms with van der Waals surface area (Å²) in [5.74, 6) is 0. The molecular weight excluding hydrogens is 214 g/mol. The van der Waals surface area contributed by atoms with E-state index in [-0.39, 0.29) is 6.42 Å². The molecule has 0 saturated heterocycles. The number of carbonyl (C=O) groups is 1. The Balaban J connectivity index is 3.87. The van der Waals surface area contributed by atoms with Gasteiger partial charge in [-0.25, -0.2) is 0 Å². The molecule has 0 fully saturated rings. The van der Waals surface area contributed by atoms with Crippen LogP contribution in [0.2, 0.25) is 0 Å². The van der Waals surface area contributed by atoms with E-state index in [0.717, 1.165) is 0 Å². The Labute approximate surface area is 74.2 Å². The fraction of sp³-hybridized carbons (Fsp3) is 0.750. The van der Waals surface area contributed by atoms with Gasteiger partial charge in [-0.1, -0.05) is 0 Å². The molecule has 0 aromatic rings. The van der Waals surface area contributed by atoms with Gasteiger partial charge in [0.25, 0.3) is 0 Å². The smallest absolute Gasteiger partial charge is 0.393 e. The number of aliphatic hydroxyl groups excluding tert-OH is 1. The summed E-state index contributed by atoms with van der Waals surface area (Å²) in [4.78, 5) is 10.8. The van der Waals surface area contributed by atoms with Crippen molar-refractivity contribution in [1.82, 2.24) is 0 Å². The van der Waals surface area contributed by atoms with Crippen molar-refractivity contribution < 1.29 is 9.90 Å². The second-order valence-corrected chi connectivity index (χ2v) is 10.4. The van der Waals surface area contributed by atoms with E-state index in [2.05, 4.69) is 0 Å². The lowest BCUT2D eigenvalue weighted by Gasteiger charge is -2.07. The van der Waals surface area contributed by atoms with Gasteiger partial charge < -0.3 is 9.90 Å². The molecule has 60 valence electrons. The average Bonchev–Trinajstić information content (AvgIpc) is 1.60. The molecule has 1 unspecified atom stereocenters. The Hall–Kier alpha value is 0.717. The summed E-state index contributed by atoms with van der Waals surface area (Å²) in [6.07, 6.45) is -0.793. The van der Waals surface area contributed by atoms with Crippen LogP contribution in [0.25, 0.3) is 0 Å². The minimum atomic E-state index is -3.21. The van der Waals surface area contributed by atoms with Crippen LogP contribution in [0, 0.1) is 0 Å².